The number of aryl methyl sites for hydroxylation is 1. The van der Waals surface area contributed by atoms with Crippen molar-refractivity contribution in [1.82, 2.24) is 4.98 Å². The predicted octanol–water partition coefficient (Wildman–Crippen LogP) is 2.34. The van der Waals surface area contributed by atoms with E-state index in [-0.39, 0.29) is 23.7 Å². The second kappa shape index (κ2) is 5.52. The SMILES string of the molecule is Cc1cnc(OCC2(N)CCCCC2)c([N+](=O)[O-])c1. The molecule has 1 fully saturated rings. The van der Waals surface area contributed by atoms with E-state index in [1.165, 1.54) is 12.5 Å². The van der Waals surface area contributed by atoms with Crippen LogP contribution in [0.4, 0.5) is 5.69 Å². The molecular formula is C13H19N3O3. The maximum atomic E-state index is 11.0. The van der Waals surface area contributed by atoms with Crippen molar-refractivity contribution in [2.45, 2.75) is 44.6 Å². The third-order valence-corrected chi connectivity index (χ3v) is 3.51. The van der Waals surface area contributed by atoms with Gasteiger partial charge in [0.1, 0.15) is 6.61 Å². The Balaban J connectivity index is 2.08. The number of rotatable bonds is 4. The van der Waals surface area contributed by atoms with Gasteiger partial charge < -0.3 is 10.5 Å². The number of hydrogen-bond acceptors (Lipinski definition) is 5. The lowest BCUT2D eigenvalue weighted by molar-refractivity contribution is -0.386. The first-order valence-electron chi connectivity index (χ1n) is 6.53. The number of nitro groups is 1. The van der Waals surface area contributed by atoms with Crippen molar-refractivity contribution in [3.8, 4) is 5.88 Å². The minimum absolute atomic E-state index is 0.0611. The summed E-state index contributed by atoms with van der Waals surface area (Å²) < 4.78 is 5.52. The zero-order chi connectivity index (χ0) is 13.9. The molecule has 0 spiro atoms. The number of nitrogens with zero attached hydrogens (tertiary/aromatic N) is 2. The molecular weight excluding hydrogens is 246 g/mol. The molecule has 1 aromatic rings. The van der Waals surface area contributed by atoms with E-state index in [2.05, 4.69) is 4.98 Å². The summed E-state index contributed by atoms with van der Waals surface area (Å²) in [7, 11) is 0. The molecule has 1 aliphatic carbocycles. The normalized spacial score (nSPS) is 18.0. The molecule has 0 saturated heterocycles. The average molecular weight is 265 g/mol. The Morgan fingerprint density at radius 1 is 1.47 bits per heavy atom. The zero-order valence-electron chi connectivity index (χ0n) is 11.1. The van der Waals surface area contributed by atoms with Crippen LogP contribution in [0.15, 0.2) is 12.3 Å². The van der Waals surface area contributed by atoms with E-state index < -0.39 is 4.92 Å². The van der Waals surface area contributed by atoms with Gasteiger partial charge >= 0.3 is 5.69 Å². The molecule has 0 radical (unpaired) electrons. The highest BCUT2D eigenvalue weighted by Crippen LogP contribution is 2.29. The topological polar surface area (TPSA) is 91.3 Å². The third-order valence-electron chi connectivity index (χ3n) is 3.51. The molecule has 1 heterocycles. The van der Waals surface area contributed by atoms with Crippen LogP contribution >= 0.6 is 0 Å². The molecule has 1 aliphatic rings. The second-order valence-corrected chi connectivity index (χ2v) is 5.31. The lowest BCUT2D eigenvalue weighted by Gasteiger charge is -2.32. The van der Waals surface area contributed by atoms with E-state index in [9.17, 15) is 10.1 Å². The van der Waals surface area contributed by atoms with Gasteiger partial charge in [-0.25, -0.2) is 4.98 Å². The average Bonchev–Trinajstić information content (AvgIpc) is 2.38. The highest BCUT2D eigenvalue weighted by Gasteiger charge is 2.29. The summed E-state index contributed by atoms with van der Waals surface area (Å²) in [5.74, 6) is 0.0611. The van der Waals surface area contributed by atoms with Crippen molar-refractivity contribution < 1.29 is 9.66 Å². The van der Waals surface area contributed by atoms with Crippen molar-refractivity contribution in [1.29, 1.82) is 0 Å². The van der Waals surface area contributed by atoms with Gasteiger partial charge in [0.05, 0.1) is 10.5 Å². The van der Waals surface area contributed by atoms with Gasteiger partial charge in [0.25, 0.3) is 5.88 Å². The van der Waals surface area contributed by atoms with Crippen LogP contribution in [-0.2, 0) is 0 Å². The maximum Gasteiger partial charge on any atom is 0.331 e. The van der Waals surface area contributed by atoms with Gasteiger partial charge in [0, 0.05) is 12.3 Å². The second-order valence-electron chi connectivity index (χ2n) is 5.31. The van der Waals surface area contributed by atoms with Crippen LogP contribution in [-0.4, -0.2) is 22.1 Å². The van der Waals surface area contributed by atoms with E-state index >= 15 is 0 Å². The molecule has 0 aliphatic heterocycles. The Labute approximate surface area is 112 Å². The minimum Gasteiger partial charge on any atom is -0.471 e. The lowest BCUT2D eigenvalue weighted by atomic mass is 9.83. The van der Waals surface area contributed by atoms with E-state index in [1.807, 2.05) is 0 Å². The van der Waals surface area contributed by atoms with E-state index in [0.717, 1.165) is 31.2 Å². The Morgan fingerprint density at radius 2 is 2.16 bits per heavy atom. The Bertz CT molecular complexity index is 470. The fourth-order valence-corrected chi connectivity index (χ4v) is 2.40. The number of nitrogens with two attached hydrogens (primary N) is 1. The minimum atomic E-state index is -0.473. The van der Waals surface area contributed by atoms with Crippen LogP contribution in [0.1, 0.15) is 37.7 Å². The fourth-order valence-electron chi connectivity index (χ4n) is 2.40. The first kappa shape index (κ1) is 13.7. The van der Waals surface area contributed by atoms with Crippen LogP contribution < -0.4 is 10.5 Å². The van der Waals surface area contributed by atoms with Gasteiger partial charge in [0.15, 0.2) is 0 Å². The molecule has 0 unspecified atom stereocenters. The van der Waals surface area contributed by atoms with Crippen LogP contribution in [0.5, 0.6) is 5.88 Å². The summed E-state index contributed by atoms with van der Waals surface area (Å²) in [6.07, 6.45) is 6.72. The summed E-state index contributed by atoms with van der Waals surface area (Å²) in [4.78, 5) is 14.5. The molecule has 2 rings (SSSR count). The van der Waals surface area contributed by atoms with E-state index in [4.69, 9.17) is 10.5 Å². The first-order valence-corrected chi connectivity index (χ1v) is 6.53. The summed E-state index contributed by atoms with van der Waals surface area (Å²) in [6.45, 7) is 2.04. The highest BCUT2D eigenvalue weighted by atomic mass is 16.6. The number of hydrogen-bond donors (Lipinski definition) is 1. The molecule has 0 bridgehead atoms. The van der Waals surface area contributed by atoms with Crippen LogP contribution in [0.3, 0.4) is 0 Å². The molecule has 6 nitrogen and oxygen atoms in total. The number of pyridine rings is 1. The van der Waals surface area contributed by atoms with Crippen LogP contribution in [0, 0.1) is 17.0 Å². The van der Waals surface area contributed by atoms with Crippen LogP contribution in [0.25, 0.3) is 0 Å². The molecule has 1 saturated carbocycles. The Kier molecular flexibility index (Phi) is 3.99. The van der Waals surface area contributed by atoms with E-state index in [1.54, 1.807) is 13.1 Å². The fraction of sp³-hybridized carbons (Fsp3) is 0.615. The molecule has 0 amide bonds. The Morgan fingerprint density at radius 3 is 2.79 bits per heavy atom. The van der Waals surface area contributed by atoms with Gasteiger partial charge in [-0.15, -0.1) is 0 Å². The molecule has 1 aromatic heterocycles. The summed E-state index contributed by atoms with van der Waals surface area (Å²) in [5, 5.41) is 11.0. The predicted molar refractivity (Wildman–Crippen MR) is 71.1 cm³/mol. The molecule has 0 aromatic carbocycles. The van der Waals surface area contributed by atoms with Gasteiger partial charge in [-0.2, -0.15) is 0 Å². The summed E-state index contributed by atoms with van der Waals surface area (Å²) in [5.41, 5.74) is 6.50. The molecule has 104 valence electrons. The zero-order valence-corrected chi connectivity index (χ0v) is 11.1. The van der Waals surface area contributed by atoms with Crippen molar-refractivity contribution >= 4 is 5.69 Å². The highest BCUT2D eigenvalue weighted by molar-refractivity contribution is 5.42. The number of ether oxygens (including phenoxy) is 1. The van der Waals surface area contributed by atoms with Crippen molar-refractivity contribution in [3.63, 3.8) is 0 Å². The summed E-state index contributed by atoms with van der Waals surface area (Å²) >= 11 is 0. The molecule has 2 N–H and O–H groups in total. The van der Waals surface area contributed by atoms with Crippen LogP contribution in [0.2, 0.25) is 0 Å². The van der Waals surface area contributed by atoms with Crippen molar-refractivity contribution in [2.75, 3.05) is 6.61 Å². The van der Waals surface area contributed by atoms with E-state index in [0.29, 0.717) is 0 Å². The van der Waals surface area contributed by atoms with Gasteiger partial charge in [-0.05, 0) is 25.3 Å². The van der Waals surface area contributed by atoms with Crippen molar-refractivity contribution in [2.24, 2.45) is 5.73 Å². The van der Waals surface area contributed by atoms with Crippen molar-refractivity contribution in [3.05, 3.63) is 27.9 Å². The maximum absolute atomic E-state index is 11.0. The van der Waals surface area contributed by atoms with Gasteiger partial charge in [0.2, 0.25) is 0 Å². The molecule has 0 atom stereocenters. The smallest absolute Gasteiger partial charge is 0.331 e. The molecule has 6 heteroatoms. The first-order chi connectivity index (χ1) is 9.00. The third kappa shape index (κ3) is 3.41. The number of aromatic nitrogens is 1. The molecule has 19 heavy (non-hydrogen) atoms. The van der Waals surface area contributed by atoms with Gasteiger partial charge in [-0.1, -0.05) is 19.3 Å². The monoisotopic (exact) mass is 265 g/mol. The standard InChI is InChI=1S/C13H19N3O3/c1-10-7-11(16(17)18)12(15-8-10)19-9-13(14)5-3-2-4-6-13/h7-8H,2-6,9,14H2,1H3. The Hall–Kier alpha value is -1.69. The summed E-state index contributed by atoms with van der Waals surface area (Å²) in [6, 6.07) is 1.46. The quantitative estimate of drug-likeness (QED) is 0.666. The lowest BCUT2D eigenvalue weighted by Crippen LogP contribution is -2.47. The van der Waals surface area contributed by atoms with Gasteiger partial charge in [-0.3, -0.25) is 10.1 Å². The largest absolute Gasteiger partial charge is 0.471 e.